The summed E-state index contributed by atoms with van der Waals surface area (Å²) < 4.78 is 5.84. The lowest BCUT2D eigenvalue weighted by atomic mass is 9.99. The molecule has 0 heterocycles. The zero-order chi connectivity index (χ0) is 13.7. The highest BCUT2D eigenvalue weighted by atomic mass is 16.5. The molecular formula is C16H23NO2. The fourth-order valence-corrected chi connectivity index (χ4v) is 2.49. The van der Waals surface area contributed by atoms with Crippen molar-refractivity contribution in [2.75, 3.05) is 6.61 Å². The second-order valence-electron chi connectivity index (χ2n) is 5.38. The Morgan fingerprint density at radius 1 is 1.42 bits per heavy atom. The van der Waals surface area contributed by atoms with Crippen LogP contribution in [0.15, 0.2) is 30.3 Å². The Hall–Kier alpha value is -1.35. The molecule has 0 spiro atoms. The Morgan fingerprint density at radius 2 is 2.16 bits per heavy atom. The summed E-state index contributed by atoms with van der Waals surface area (Å²) >= 11 is 0. The summed E-state index contributed by atoms with van der Waals surface area (Å²) in [6.07, 6.45) is 4.11. The van der Waals surface area contributed by atoms with Crippen LogP contribution in [0.5, 0.6) is 0 Å². The van der Waals surface area contributed by atoms with Gasteiger partial charge in [0.15, 0.2) is 0 Å². The summed E-state index contributed by atoms with van der Waals surface area (Å²) in [6, 6.07) is 10.4. The Morgan fingerprint density at radius 3 is 2.79 bits per heavy atom. The van der Waals surface area contributed by atoms with Crippen molar-refractivity contribution < 1.29 is 9.53 Å². The third-order valence-corrected chi connectivity index (χ3v) is 3.91. The molecule has 1 fully saturated rings. The van der Waals surface area contributed by atoms with Crippen LogP contribution >= 0.6 is 0 Å². The maximum absolute atomic E-state index is 11.2. The highest BCUT2D eigenvalue weighted by Crippen LogP contribution is 2.39. The minimum atomic E-state index is -0.169. The van der Waals surface area contributed by atoms with E-state index in [1.807, 2.05) is 25.1 Å². The van der Waals surface area contributed by atoms with Gasteiger partial charge in [-0.1, -0.05) is 37.3 Å². The number of carbonyl (C=O) groups excluding carboxylic acids is 1. The molecule has 104 valence electrons. The van der Waals surface area contributed by atoms with Gasteiger partial charge in [-0.15, -0.1) is 0 Å². The number of rotatable bonds is 8. The summed E-state index contributed by atoms with van der Waals surface area (Å²) in [4.78, 5) is 11.2. The summed E-state index contributed by atoms with van der Waals surface area (Å²) in [5.41, 5.74) is 6.67. The molecule has 2 rings (SSSR count). The molecule has 0 aromatic heterocycles. The van der Waals surface area contributed by atoms with E-state index in [4.69, 9.17) is 10.5 Å². The molecular weight excluding hydrogens is 238 g/mol. The molecule has 3 nitrogen and oxygen atoms in total. The molecule has 3 heteroatoms. The lowest BCUT2D eigenvalue weighted by Crippen LogP contribution is -2.23. The fourth-order valence-electron chi connectivity index (χ4n) is 2.49. The highest BCUT2D eigenvalue weighted by molar-refractivity contribution is 5.76. The van der Waals surface area contributed by atoms with E-state index in [1.165, 1.54) is 5.56 Å². The zero-order valence-corrected chi connectivity index (χ0v) is 11.5. The predicted octanol–water partition coefficient (Wildman–Crippen LogP) is 2.54. The molecule has 1 aromatic carbocycles. The summed E-state index contributed by atoms with van der Waals surface area (Å²) in [5.74, 6) is 0.387. The van der Waals surface area contributed by atoms with Crippen LogP contribution in [0.4, 0.5) is 0 Å². The van der Waals surface area contributed by atoms with E-state index in [-0.39, 0.29) is 11.8 Å². The smallest absolute Gasteiger partial charge is 0.220 e. The van der Waals surface area contributed by atoms with Crippen LogP contribution in [-0.4, -0.2) is 18.6 Å². The predicted molar refractivity (Wildman–Crippen MR) is 75.6 cm³/mol. The van der Waals surface area contributed by atoms with Gasteiger partial charge in [-0.25, -0.2) is 0 Å². The largest absolute Gasteiger partial charge is 0.378 e. The number of nitrogens with two attached hydrogens (primary N) is 1. The summed E-state index contributed by atoms with van der Waals surface area (Å²) in [6.45, 7) is 2.78. The van der Waals surface area contributed by atoms with Gasteiger partial charge in [0.25, 0.3) is 0 Å². The van der Waals surface area contributed by atoms with Gasteiger partial charge in [-0.3, -0.25) is 4.79 Å². The van der Waals surface area contributed by atoms with Crippen molar-refractivity contribution in [3.8, 4) is 0 Å². The number of benzene rings is 1. The SMILES string of the molecule is CCC(CC1CC1OCCc1ccccc1)C(N)=O. The monoisotopic (exact) mass is 261 g/mol. The Labute approximate surface area is 115 Å². The van der Waals surface area contributed by atoms with Crippen molar-refractivity contribution in [1.82, 2.24) is 0 Å². The van der Waals surface area contributed by atoms with Crippen LogP contribution in [0.3, 0.4) is 0 Å². The maximum atomic E-state index is 11.2. The standard InChI is InChI=1S/C16H23NO2/c1-2-13(16(17)18)10-14-11-15(14)19-9-8-12-6-4-3-5-7-12/h3-7,13-15H,2,8-11H2,1H3,(H2,17,18). The molecule has 0 radical (unpaired) electrons. The molecule has 0 aliphatic heterocycles. The number of carbonyl (C=O) groups is 1. The molecule has 19 heavy (non-hydrogen) atoms. The quantitative estimate of drug-likeness (QED) is 0.782. The first-order valence-electron chi connectivity index (χ1n) is 7.15. The van der Waals surface area contributed by atoms with Gasteiger partial charge in [0.2, 0.25) is 5.91 Å². The van der Waals surface area contributed by atoms with E-state index in [0.717, 1.165) is 32.3 Å². The van der Waals surface area contributed by atoms with Gasteiger partial charge in [0.1, 0.15) is 0 Å². The summed E-state index contributed by atoms with van der Waals surface area (Å²) in [5, 5.41) is 0. The number of hydrogen-bond donors (Lipinski definition) is 1. The van der Waals surface area contributed by atoms with E-state index < -0.39 is 0 Å². The molecule has 0 saturated heterocycles. The van der Waals surface area contributed by atoms with Crippen molar-refractivity contribution in [3.05, 3.63) is 35.9 Å². The van der Waals surface area contributed by atoms with Gasteiger partial charge < -0.3 is 10.5 Å². The Kier molecular flexibility index (Phi) is 4.97. The van der Waals surface area contributed by atoms with Crippen LogP contribution < -0.4 is 5.73 Å². The van der Waals surface area contributed by atoms with E-state index in [2.05, 4.69) is 12.1 Å². The van der Waals surface area contributed by atoms with Crippen molar-refractivity contribution in [2.24, 2.45) is 17.6 Å². The van der Waals surface area contributed by atoms with Gasteiger partial charge >= 0.3 is 0 Å². The van der Waals surface area contributed by atoms with Crippen LogP contribution in [0, 0.1) is 11.8 Å². The van der Waals surface area contributed by atoms with E-state index in [0.29, 0.717) is 12.0 Å². The van der Waals surface area contributed by atoms with E-state index >= 15 is 0 Å². The highest BCUT2D eigenvalue weighted by Gasteiger charge is 2.40. The van der Waals surface area contributed by atoms with Gasteiger partial charge in [-0.2, -0.15) is 0 Å². The second kappa shape index (κ2) is 6.71. The van der Waals surface area contributed by atoms with Gasteiger partial charge in [0.05, 0.1) is 12.7 Å². The van der Waals surface area contributed by atoms with Gasteiger partial charge in [-0.05, 0) is 37.2 Å². The van der Waals surface area contributed by atoms with Crippen molar-refractivity contribution >= 4 is 5.91 Å². The van der Waals surface area contributed by atoms with Crippen LogP contribution in [0.1, 0.15) is 31.7 Å². The molecule has 1 aliphatic rings. The van der Waals surface area contributed by atoms with Crippen LogP contribution in [-0.2, 0) is 16.0 Å². The number of ether oxygens (including phenoxy) is 1. The van der Waals surface area contributed by atoms with Gasteiger partial charge in [0, 0.05) is 5.92 Å². The minimum Gasteiger partial charge on any atom is -0.378 e. The Bertz CT molecular complexity index is 404. The molecule has 1 saturated carbocycles. The maximum Gasteiger partial charge on any atom is 0.220 e. The third kappa shape index (κ3) is 4.35. The number of amides is 1. The topological polar surface area (TPSA) is 52.3 Å². The molecule has 1 aromatic rings. The normalized spacial score (nSPS) is 23.0. The Balaban J connectivity index is 1.63. The van der Waals surface area contributed by atoms with Crippen LogP contribution in [0.25, 0.3) is 0 Å². The van der Waals surface area contributed by atoms with Crippen molar-refractivity contribution in [2.45, 2.75) is 38.7 Å². The molecule has 1 aliphatic carbocycles. The van der Waals surface area contributed by atoms with Crippen molar-refractivity contribution in [1.29, 1.82) is 0 Å². The number of primary amides is 1. The first-order valence-corrected chi connectivity index (χ1v) is 7.15. The molecule has 3 unspecified atom stereocenters. The number of hydrogen-bond acceptors (Lipinski definition) is 2. The molecule has 2 N–H and O–H groups in total. The molecule has 3 atom stereocenters. The summed E-state index contributed by atoms with van der Waals surface area (Å²) in [7, 11) is 0. The minimum absolute atomic E-state index is 0.0210. The van der Waals surface area contributed by atoms with Crippen LogP contribution in [0.2, 0.25) is 0 Å². The average Bonchev–Trinajstić information content (AvgIpc) is 3.15. The van der Waals surface area contributed by atoms with E-state index in [9.17, 15) is 4.79 Å². The fraction of sp³-hybridized carbons (Fsp3) is 0.562. The lowest BCUT2D eigenvalue weighted by Gasteiger charge is -2.10. The first-order chi connectivity index (χ1) is 9.20. The zero-order valence-electron chi connectivity index (χ0n) is 11.5. The molecule has 1 amide bonds. The average molecular weight is 261 g/mol. The first kappa shape index (κ1) is 14.1. The lowest BCUT2D eigenvalue weighted by molar-refractivity contribution is -0.122. The second-order valence-corrected chi connectivity index (χ2v) is 5.38. The third-order valence-electron chi connectivity index (χ3n) is 3.91. The van der Waals surface area contributed by atoms with E-state index in [1.54, 1.807) is 0 Å². The molecule has 0 bridgehead atoms. The van der Waals surface area contributed by atoms with Crippen molar-refractivity contribution in [3.63, 3.8) is 0 Å².